The van der Waals surface area contributed by atoms with Crippen molar-refractivity contribution in [1.82, 2.24) is 20.5 Å². The summed E-state index contributed by atoms with van der Waals surface area (Å²) in [4.78, 5) is 4.46. The second-order valence-electron chi connectivity index (χ2n) is 5.63. The highest BCUT2D eigenvalue weighted by Gasteiger charge is 2.16. The van der Waals surface area contributed by atoms with E-state index in [4.69, 9.17) is 6.42 Å². The number of aryl methyl sites for hydroxylation is 1. The van der Waals surface area contributed by atoms with Crippen molar-refractivity contribution in [1.29, 1.82) is 0 Å². The van der Waals surface area contributed by atoms with Crippen LogP contribution in [0.2, 0.25) is 0 Å². The van der Waals surface area contributed by atoms with Crippen LogP contribution < -0.4 is 10.6 Å². The fourth-order valence-corrected chi connectivity index (χ4v) is 2.69. The molecule has 1 aromatic heterocycles. The van der Waals surface area contributed by atoms with E-state index >= 15 is 0 Å². The van der Waals surface area contributed by atoms with E-state index in [1.807, 2.05) is 6.92 Å². The predicted molar refractivity (Wildman–Crippen MR) is 89.1 cm³/mol. The maximum Gasteiger partial charge on any atom is 0.243 e. The van der Waals surface area contributed by atoms with Gasteiger partial charge >= 0.3 is 0 Å². The minimum Gasteiger partial charge on any atom is -0.507 e. The smallest absolute Gasteiger partial charge is 0.243 e. The van der Waals surface area contributed by atoms with Crippen molar-refractivity contribution >= 4 is 5.95 Å². The van der Waals surface area contributed by atoms with Gasteiger partial charge in [-0.05, 0) is 44.5 Å². The molecule has 1 unspecified atom stereocenters. The van der Waals surface area contributed by atoms with Crippen LogP contribution in [-0.2, 0) is 0 Å². The summed E-state index contributed by atoms with van der Waals surface area (Å²) in [6.45, 7) is 3.81. The maximum atomic E-state index is 10.1. The molecule has 0 bridgehead atoms. The van der Waals surface area contributed by atoms with E-state index in [0.29, 0.717) is 34.5 Å². The van der Waals surface area contributed by atoms with E-state index in [1.54, 1.807) is 12.1 Å². The Morgan fingerprint density at radius 1 is 1.39 bits per heavy atom. The van der Waals surface area contributed by atoms with Crippen LogP contribution in [-0.4, -0.2) is 39.4 Å². The van der Waals surface area contributed by atoms with E-state index < -0.39 is 0 Å². The highest BCUT2D eigenvalue weighted by atomic mass is 16.3. The summed E-state index contributed by atoms with van der Waals surface area (Å²) in [6, 6.07) is 5.35. The van der Waals surface area contributed by atoms with E-state index in [2.05, 4.69) is 31.7 Å². The van der Waals surface area contributed by atoms with Gasteiger partial charge in [0.2, 0.25) is 5.95 Å². The highest BCUT2D eigenvalue weighted by Crippen LogP contribution is 2.29. The molecule has 0 spiro atoms. The number of terminal acetylenes is 1. The monoisotopic (exact) mass is 309 g/mol. The van der Waals surface area contributed by atoms with Crippen LogP contribution in [0.1, 0.15) is 24.1 Å². The fourth-order valence-electron chi connectivity index (χ4n) is 2.69. The lowest BCUT2D eigenvalue weighted by molar-refractivity contribution is 0.476. The SMILES string of the molecule is C#Cc1ccc(-c2nnc(NC3CCCNC3)nc2C)c(O)c1. The quantitative estimate of drug-likeness (QED) is 0.749. The molecule has 6 heteroatoms. The van der Waals surface area contributed by atoms with Crippen LogP contribution in [0.3, 0.4) is 0 Å². The zero-order chi connectivity index (χ0) is 16.2. The summed E-state index contributed by atoms with van der Waals surface area (Å²) in [5, 5.41) is 25.1. The number of nitrogens with one attached hydrogen (secondary N) is 2. The van der Waals surface area contributed by atoms with Crippen molar-refractivity contribution in [2.75, 3.05) is 18.4 Å². The van der Waals surface area contributed by atoms with Gasteiger partial charge in [-0.15, -0.1) is 16.6 Å². The fraction of sp³-hybridized carbons (Fsp3) is 0.353. The lowest BCUT2D eigenvalue weighted by Gasteiger charge is -2.23. The lowest BCUT2D eigenvalue weighted by atomic mass is 10.1. The Morgan fingerprint density at radius 2 is 2.26 bits per heavy atom. The molecule has 118 valence electrons. The summed E-state index contributed by atoms with van der Waals surface area (Å²) < 4.78 is 0. The van der Waals surface area contributed by atoms with Gasteiger partial charge in [-0.1, -0.05) is 5.92 Å². The zero-order valence-electron chi connectivity index (χ0n) is 13.0. The first kappa shape index (κ1) is 15.3. The predicted octanol–water partition coefficient (Wildman–Crippen LogP) is 1.70. The summed E-state index contributed by atoms with van der Waals surface area (Å²) >= 11 is 0. The van der Waals surface area contributed by atoms with Gasteiger partial charge in [0, 0.05) is 23.7 Å². The van der Waals surface area contributed by atoms with E-state index in [-0.39, 0.29) is 5.75 Å². The molecular formula is C17H19N5O. The number of hydrogen-bond donors (Lipinski definition) is 3. The second kappa shape index (κ2) is 6.63. The average molecular weight is 309 g/mol. The van der Waals surface area contributed by atoms with E-state index in [9.17, 15) is 5.11 Å². The van der Waals surface area contributed by atoms with E-state index in [0.717, 1.165) is 25.9 Å². The molecule has 0 radical (unpaired) electrons. The second-order valence-corrected chi connectivity index (χ2v) is 5.63. The number of aromatic hydroxyl groups is 1. The molecule has 2 heterocycles. The summed E-state index contributed by atoms with van der Waals surface area (Å²) in [6.07, 6.45) is 7.56. The molecule has 0 aliphatic carbocycles. The first-order valence-electron chi connectivity index (χ1n) is 7.66. The Kier molecular flexibility index (Phi) is 4.40. The van der Waals surface area contributed by atoms with Gasteiger partial charge < -0.3 is 15.7 Å². The van der Waals surface area contributed by atoms with Crippen LogP contribution in [0, 0.1) is 19.3 Å². The molecule has 1 atom stereocenters. The number of phenols is 1. The Morgan fingerprint density at radius 3 is 2.91 bits per heavy atom. The van der Waals surface area contributed by atoms with Crippen LogP contribution in [0.5, 0.6) is 5.75 Å². The molecule has 3 rings (SSSR count). The molecule has 1 aromatic carbocycles. The Labute approximate surface area is 135 Å². The molecule has 1 aliphatic rings. The molecule has 0 amide bonds. The van der Waals surface area contributed by atoms with Crippen LogP contribution >= 0.6 is 0 Å². The number of anilines is 1. The summed E-state index contributed by atoms with van der Waals surface area (Å²) in [7, 11) is 0. The molecule has 1 aliphatic heterocycles. The molecular weight excluding hydrogens is 290 g/mol. The molecule has 23 heavy (non-hydrogen) atoms. The van der Waals surface area contributed by atoms with Gasteiger partial charge in [0.15, 0.2) is 0 Å². The molecule has 6 nitrogen and oxygen atoms in total. The molecule has 3 N–H and O–H groups in total. The van der Waals surface area contributed by atoms with Crippen LogP contribution in [0.25, 0.3) is 11.3 Å². The number of aromatic nitrogens is 3. The topological polar surface area (TPSA) is 83.0 Å². The first-order valence-corrected chi connectivity index (χ1v) is 7.66. The normalized spacial score (nSPS) is 17.5. The van der Waals surface area contributed by atoms with Crippen LogP contribution in [0.4, 0.5) is 5.95 Å². The minimum atomic E-state index is 0.0804. The number of rotatable bonds is 3. The van der Waals surface area contributed by atoms with Gasteiger partial charge in [-0.3, -0.25) is 0 Å². The van der Waals surface area contributed by atoms with Crippen molar-refractivity contribution in [3.63, 3.8) is 0 Å². The third kappa shape index (κ3) is 3.41. The lowest BCUT2D eigenvalue weighted by Crippen LogP contribution is -2.38. The maximum absolute atomic E-state index is 10.1. The van der Waals surface area contributed by atoms with Crippen molar-refractivity contribution in [2.24, 2.45) is 0 Å². The van der Waals surface area contributed by atoms with Gasteiger partial charge in [0.05, 0.1) is 5.69 Å². The van der Waals surface area contributed by atoms with Gasteiger partial charge in [0.25, 0.3) is 0 Å². The van der Waals surface area contributed by atoms with Crippen LogP contribution in [0.15, 0.2) is 18.2 Å². The zero-order valence-corrected chi connectivity index (χ0v) is 13.0. The van der Waals surface area contributed by atoms with Crippen molar-refractivity contribution in [2.45, 2.75) is 25.8 Å². The van der Waals surface area contributed by atoms with Gasteiger partial charge in [0.1, 0.15) is 11.4 Å². The number of nitrogens with zero attached hydrogens (tertiary/aromatic N) is 3. The number of piperidine rings is 1. The highest BCUT2D eigenvalue weighted by molar-refractivity contribution is 5.69. The van der Waals surface area contributed by atoms with E-state index in [1.165, 1.54) is 6.07 Å². The molecule has 1 saturated heterocycles. The van der Waals surface area contributed by atoms with Crippen molar-refractivity contribution in [3.8, 4) is 29.4 Å². The Hall–Kier alpha value is -2.65. The number of phenolic OH excluding ortho intramolecular Hbond substituents is 1. The van der Waals surface area contributed by atoms with Crippen molar-refractivity contribution < 1.29 is 5.11 Å². The molecule has 1 fully saturated rings. The number of hydrogen-bond acceptors (Lipinski definition) is 6. The number of benzene rings is 1. The van der Waals surface area contributed by atoms with Gasteiger partial charge in [-0.2, -0.15) is 0 Å². The standard InChI is InChI=1S/C17H19N5O/c1-3-12-6-7-14(15(23)9-12)16-11(2)19-17(22-21-16)20-13-5-4-8-18-10-13/h1,6-7,9,13,18,23H,4-5,8,10H2,2H3,(H,19,20,22). The first-order chi connectivity index (χ1) is 11.2. The Balaban J connectivity index is 1.83. The minimum absolute atomic E-state index is 0.0804. The summed E-state index contributed by atoms with van der Waals surface area (Å²) in [5.41, 5.74) is 2.45. The third-order valence-corrected chi connectivity index (χ3v) is 3.91. The molecule has 2 aromatic rings. The average Bonchev–Trinajstić information content (AvgIpc) is 2.56. The largest absolute Gasteiger partial charge is 0.507 e. The Bertz CT molecular complexity index is 747. The molecule has 0 saturated carbocycles. The third-order valence-electron chi connectivity index (χ3n) is 3.91. The summed E-state index contributed by atoms with van der Waals surface area (Å²) in [5.74, 6) is 3.08. The van der Waals surface area contributed by atoms with Gasteiger partial charge in [-0.25, -0.2) is 4.98 Å². The van der Waals surface area contributed by atoms with Crippen molar-refractivity contribution in [3.05, 3.63) is 29.5 Å².